The van der Waals surface area contributed by atoms with E-state index in [4.69, 9.17) is 21.6 Å². The lowest BCUT2D eigenvalue weighted by atomic mass is 10.2. The van der Waals surface area contributed by atoms with Gasteiger partial charge in [0.2, 0.25) is 0 Å². The number of nitrogens with one attached hydrogen (secondary N) is 2. The van der Waals surface area contributed by atoms with E-state index >= 15 is 0 Å². The SMILES string of the molecule is N#Cc1c(Cl)cccc1NCC1COCCN1. The third-order valence-corrected chi connectivity index (χ3v) is 2.98. The van der Waals surface area contributed by atoms with Gasteiger partial charge in [-0.2, -0.15) is 5.26 Å². The van der Waals surface area contributed by atoms with Crippen LogP contribution in [0.1, 0.15) is 5.56 Å². The van der Waals surface area contributed by atoms with E-state index in [9.17, 15) is 0 Å². The number of anilines is 1. The maximum Gasteiger partial charge on any atom is 0.103 e. The molecule has 1 aliphatic heterocycles. The van der Waals surface area contributed by atoms with Crippen LogP contribution in [0.25, 0.3) is 0 Å². The van der Waals surface area contributed by atoms with E-state index in [1.807, 2.05) is 12.1 Å². The highest BCUT2D eigenvalue weighted by atomic mass is 35.5. The van der Waals surface area contributed by atoms with E-state index in [2.05, 4.69) is 16.7 Å². The lowest BCUT2D eigenvalue weighted by Crippen LogP contribution is -2.45. The van der Waals surface area contributed by atoms with Crippen LogP contribution < -0.4 is 10.6 Å². The fourth-order valence-electron chi connectivity index (χ4n) is 1.77. The molecule has 0 aliphatic carbocycles. The molecule has 1 heterocycles. The summed E-state index contributed by atoms with van der Waals surface area (Å²) in [6, 6.07) is 7.78. The fourth-order valence-corrected chi connectivity index (χ4v) is 1.99. The molecule has 0 bridgehead atoms. The van der Waals surface area contributed by atoms with Crippen molar-refractivity contribution in [3.05, 3.63) is 28.8 Å². The highest BCUT2D eigenvalue weighted by Gasteiger charge is 2.13. The first-order chi connectivity index (χ1) is 8.31. The average Bonchev–Trinajstić information content (AvgIpc) is 2.37. The van der Waals surface area contributed by atoms with Gasteiger partial charge in [0, 0.05) is 19.1 Å². The molecule has 0 saturated carbocycles. The van der Waals surface area contributed by atoms with Gasteiger partial charge < -0.3 is 15.4 Å². The Hall–Kier alpha value is -1.28. The van der Waals surface area contributed by atoms with Crippen molar-refractivity contribution in [3.8, 4) is 6.07 Å². The molecule has 1 unspecified atom stereocenters. The van der Waals surface area contributed by atoms with E-state index in [1.54, 1.807) is 6.07 Å². The highest BCUT2D eigenvalue weighted by molar-refractivity contribution is 6.32. The zero-order chi connectivity index (χ0) is 12.1. The molecule has 17 heavy (non-hydrogen) atoms. The van der Waals surface area contributed by atoms with Gasteiger partial charge in [0.15, 0.2) is 0 Å². The van der Waals surface area contributed by atoms with Gasteiger partial charge in [-0.15, -0.1) is 0 Å². The highest BCUT2D eigenvalue weighted by Crippen LogP contribution is 2.23. The van der Waals surface area contributed by atoms with Crippen LogP contribution in [0.3, 0.4) is 0 Å². The van der Waals surface area contributed by atoms with E-state index < -0.39 is 0 Å². The largest absolute Gasteiger partial charge is 0.382 e. The fraction of sp³-hybridized carbons (Fsp3) is 0.417. The van der Waals surface area contributed by atoms with Gasteiger partial charge >= 0.3 is 0 Å². The number of nitriles is 1. The second-order valence-corrected chi connectivity index (χ2v) is 4.29. The first kappa shape index (κ1) is 12.2. The number of benzene rings is 1. The molecule has 1 aromatic rings. The number of hydrogen-bond acceptors (Lipinski definition) is 4. The van der Waals surface area contributed by atoms with Gasteiger partial charge in [-0.05, 0) is 12.1 Å². The summed E-state index contributed by atoms with van der Waals surface area (Å²) in [5.74, 6) is 0. The van der Waals surface area contributed by atoms with Crippen molar-refractivity contribution >= 4 is 17.3 Å². The maximum absolute atomic E-state index is 9.02. The molecule has 0 spiro atoms. The molecule has 2 N–H and O–H groups in total. The number of rotatable bonds is 3. The number of morpholine rings is 1. The van der Waals surface area contributed by atoms with Crippen molar-refractivity contribution in [2.75, 3.05) is 31.6 Å². The van der Waals surface area contributed by atoms with Gasteiger partial charge in [0.25, 0.3) is 0 Å². The smallest absolute Gasteiger partial charge is 0.103 e. The zero-order valence-corrected chi connectivity index (χ0v) is 10.1. The summed E-state index contributed by atoms with van der Waals surface area (Å²) < 4.78 is 5.36. The molecule has 1 atom stereocenters. The van der Waals surface area contributed by atoms with Crippen LogP contribution in [-0.4, -0.2) is 32.3 Å². The van der Waals surface area contributed by atoms with Crippen LogP contribution in [0.4, 0.5) is 5.69 Å². The minimum atomic E-state index is 0.272. The summed E-state index contributed by atoms with van der Waals surface area (Å²) in [7, 11) is 0. The van der Waals surface area contributed by atoms with Crippen molar-refractivity contribution < 1.29 is 4.74 Å². The van der Waals surface area contributed by atoms with Gasteiger partial charge in [-0.1, -0.05) is 17.7 Å². The normalized spacial score (nSPS) is 19.6. The van der Waals surface area contributed by atoms with Gasteiger partial charge in [0.1, 0.15) is 6.07 Å². The average molecular weight is 252 g/mol. The van der Waals surface area contributed by atoms with Crippen LogP contribution in [0.15, 0.2) is 18.2 Å². The molecule has 0 amide bonds. The van der Waals surface area contributed by atoms with Gasteiger partial charge in [-0.25, -0.2) is 0 Å². The van der Waals surface area contributed by atoms with Crippen molar-refractivity contribution in [2.45, 2.75) is 6.04 Å². The Kier molecular flexibility index (Phi) is 4.21. The third kappa shape index (κ3) is 3.10. The molecule has 0 aromatic heterocycles. The molecule has 1 aliphatic rings. The number of nitrogens with zero attached hydrogens (tertiary/aromatic N) is 1. The Labute approximate surface area is 106 Å². The Morgan fingerprint density at radius 3 is 3.18 bits per heavy atom. The predicted octanol–water partition coefficient (Wildman–Crippen LogP) is 1.61. The van der Waals surface area contributed by atoms with E-state index in [1.165, 1.54) is 0 Å². The monoisotopic (exact) mass is 251 g/mol. The molecule has 4 nitrogen and oxygen atoms in total. The molecule has 1 fully saturated rings. The van der Waals surface area contributed by atoms with Gasteiger partial charge in [0.05, 0.1) is 29.5 Å². The molecule has 0 radical (unpaired) electrons. The second kappa shape index (κ2) is 5.87. The maximum atomic E-state index is 9.02. The van der Waals surface area contributed by atoms with E-state index in [-0.39, 0.29) is 6.04 Å². The Morgan fingerprint density at radius 2 is 2.47 bits per heavy atom. The molecular weight excluding hydrogens is 238 g/mol. The summed E-state index contributed by atoms with van der Waals surface area (Å²) in [5, 5.41) is 16.1. The van der Waals surface area contributed by atoms with E-state index in [0.29, 0.717) is 17.2 Å². The van der Waals surface area contributed by atoms with Crippen molar-refractivity contribution in [1.29, 1.82) is 5.26 Å². The zero-order valence-electron chi connectivity index (χ0n) is 9.37. The van der Waals surface area contributed by atoms with Crippen LogP contribution >= 0.6 is 11.6 Å². The molecular formula is C12H14ClN3O. The summed E-state index contributed by atoms with van der Waals surface area (Å²) in [6.07, 6.45) is 0. The van der Waals surface area contributed by atoms with E-state index in [0.717, 1.165) is 25.4 Å². The van der Waals surface area contributed by atoms with Crippen LogP contribution in [0, 0.1) is 11.3 Å². The Bertz CT molecular complexity index is 424. The molecule has 5 heteroatoms. The summed E-state index contributed by atoms with van der Waals surface area (Å²) in [5.41, 5.74) is 1.26. The molecule has 1 aromatic carbocycles. The van der Waals surface area contributed by atoms with Crippen LogP contribution in [0.5, 0.6) is 0 Å². The Balaban J connectivity index is 1.99. The number of ether oxygens (including phenoxy) is 1. The lowest BCUT2D eigenvalue weighted by molar-refractivity contribution is 0.0806. The van der Waals surface area contributed by atoms with Crippen molar-refractivity contribution in [1.82, 2.24) is 5.32 Å². The molecule has 90 valence electrons. The molecule has 2 rings (SSSR count). The first-order valence-corrected chi connectivity index (χ1v) is 5.92. The second-order valence-electron chi connectivity index (χ2n) is 3.88. The Morgan fingerprint density at radius 1 is 1.59 bits per heavy atom. The third-order valence-electron chi connectivity index (χ3n) is 2.66. The predicted molar refractivity (Wildman–Crippen MR) is 67.3 cm³/mol. The van der Waals surface area contributed by atoms with Crippen LogP contribution in [-0.2, 0) is 4.74 Å². The quantitative estimate of drug-likeness (QED) is 0.857. The molecule has 1 saturated heterocycles. The van der Waals surface area contributed by atoms with Gasteiger partial charge in [-0.3, -0.25) is 0 Å². The first-order valence-electron chi connectivity index (χ1n) is 5.55. The standard InChI is InChI=1S/C12H14ClN3O/c13-11-2-1-3-12(10(11)6-14)16-7-9-8-17-5-4-15-9/h1-3,9,15-16H,4-5,7-8H2. The summed E-state index contributed by atoms with van der Waals surface area (Å²) in [6.45, 7) is 3.04. The van der Waals surface area contributed by atoms with Crippen LogP contribution in [0.2, 0.25) is 5.02 Å². The number of halogens is 1. The summed E-state index contributed by atoms with van der Waals surface area (Å²) >= 11 is 5.95. The topological polar surface area (TPSA) is 57.1 Å². The number of hydrogen-bond donors (Lipinski definition) is 2. The minimum absolute atomic E-state index is 0.272. The minimum Gasteiger partial charge on any atom is -0.382 e. The van der Waals surface area contributed by atoms with Crippen molar-refractivity contribution in [3.63, 3.8) is 0 Å². The summed E-state index contributed by atoms with van der Waals surface area (Å²) in [4.78, 5) is 0. The van der Waals surface area contributed by atoms with Crippen molar-refractivity contribution in [2.24, 2.45) is 0 Å². The lowest BCUT2D eigenvalue weighted by Gasteiger charge is -2.24.